The van der Waals surface area contributed by atoms with Crippen molar-refractivity contribution in [1.82, 2.24) is 0 Å². The molecule has 150 valence electrons. The van der Waals surface area contributed by atoms with E-state index in [9.17, 15) is 4.79 Å². The van der Waals surface area contributed by atoms with E-state index >= 15 is 0 Å². The number of carbonyl (C=O) groups is 1. The van der Waals surface area contributed by atoms with E-state index in [1.807, 2.05) is 62.4 Å². The van der Waals surface area contributed by atoms with E-state index in [1.54, 1.807) is 12.1 Å². The lowest BCUT2D eigenvalue weighted by atomic mass is 10.1. The van der Waals surface area contributed by atoms with Crippen LogP contribution in [-0.2, 0) is 6.61 Å². The van der Waals surface area contributed by atoms with Crippen molar-refractivity contribution in [3.05, 3.63) is 82.9 Å². The van der Waals surface area contributed by atoms with Gasteiger partial charge in [0, 0.05) is 11.3 Å². The van der Waals surface area contributed by atoms with Gasteiger partial charge in [-0.05, 0) is 54.8 Å². The summed E-state index contributed by atoms with van der Waals surface area (Å²) in [6.07, 6.45) is 0. The second kappa shape index (κ2) is 9.15. The minimum Gasteiger partial charge on any atom is -0.493 e. The van der Waals surface area contributed by atoms with Gasteiger partial charge in [0.05, 0.1) is 14.2 Å². The predicted octanol–water partition coefficient (Wildman–Crippen LogP) is 5.15. The molecule has 0 unspecified atom stereocenters. The fourth-order valence-corrected chi connectivity index (χ4v) is 2.91. The van der Waals surface area contributed by atoms with E-state index in [2.05, 4.69) is 5.32 Å². The van der Waals surface area contributed by atoms with Crippen LogP contribution in [0.1, 0.15) is 27.0 Å². The highest BCUT2D eigenvalue weighted by molar-refractivity contribution is 6.05. The molecule has 0 heterocycles. The van der Waals surface area contributed by atoms with E-state index in [0.717, 1.165) is 16.8 Å². The van der Waals surface area contributed by atoms with Crippen LogP contribution in [0.15, 0.2) is 60.7 Å². The molecule has 0 aromatic heterocycles. The number of ether oxygens (including phenoxy) is 3. The zero-order valence-corrected chi connectivity index (χ0v) is 17.1. The molecule has 3 aromatic rings. The molecule has 0 atom stereocenters. The highest BCUT2D eigenvalue weighted by atomic mass is 16.5. The summed E-state index contributed by atoms with van der Waals surface area (Å²) in [4.78, 5) is 12.8. The van der Waals surface area contributed by atoms with Gasteiger partial charge in [-0.1, -0.05) is 36.4 Å². The zero-order chi connectivity index (χ0) is 20.8. The molecule has 5 nitrogen and oxygen atoms in total. The standard InChI is InChI=1S/C24H25NO4/c1-16-10-11-20(12-17(16)2)25-24(26)19-13-21(27-3)23(22(14-19)28-4)29-15-18-8-6-5-7-9-18/h5-14H,15H2,1-4H3,(H,25,26). The maximum Gasteiger partial charge on any atom is 0.255 e. The quantitative estimate of drug-likeness (QED) is 0.605. The maximum atomic E-state index is 12.8. The van der Waals surface area contributed by atoms with Crippen LogP contribution in [0.5, 0.6) is 17.2 Å². The maximum absolute atomic E-state index is 12.8. The number of rotatable bonds is 7. The molecule has 0 saturated heterocycles. The van der Waals surface area contributed by atoms with Crippen molar-refractivity contribution >= 4 is 11.6 Å². The van der Waals surface area contributed by atoms with Crippen LogP contribution in [0, 0.1) is 13.8 Å². The Morgan fingerprint density at radius 3 is 2.10 bits per heavy atom. The van der Waals surface area contributed by atoms with E-state index < -0.39 is 0 Å². The first-order chi connectivity index (χ1) is 14.0. The van der Waals surface area contributed by atoms with Crippen LogP contribution >= 0.6 is 0 Å². The van der Waals surface area contributed by atoms with Gasteiger partial charge in [-0.15, -0.1) is 0 Å². The topological polar surface area (TPSA) is 56.8 Å². The van der Waals surface area contributed by atoms with E-state index in [1.165, 1.54) is 19.8 Å². The van der Waals surface area contributed by atoms with Crippen molar-refractivity contribution in [2.75, 3.05) is 19.5 Å². The first kappa shape index (κ1) is 20.3. The molecule has 5 heteroatoms. The van der Waals surface area contributed by atoms with Crippen molar-refractivity contribution in [3.63, 3.8) is 0 Å². The van der Waals surface area contributed by atoms with Gasteiger partial charge in [-0.2, -0.15) is 0 Å². The van der Waals surface area contributed by atoms with Gasteiger partial charge in [0.25, 0.3) is 5.91 Å². The number of hydrogen-bond donors (Lipinski definition) is 1. The smallest absolute Gasteiger partial charge is 0.255 e. The number of methoxy groups -OCH3 is 2. The third-order valence-corrected chi connectivity index (χ3v) is 4.71. The summed E-state index contributed by atoms with van der Waals surface area (Å²) in [6, 6.07) is 18.9. The molecular formula is C24H25NO4. The average molecular weight is 391 g/mol. The van der Waals surface area contributed by atoms with Gasteiger partial charge in [0.2, 0.25) is 5.75 Å². The normalized spacial score (nSPS) is 10.3. The van der Waals surface area contributed by atoms with Crippen molar-refractivity contribution in [2.24, 2.45) is 0 Å². The number of aryl methyl sites for hydroxylation is 2. The minimum atomic E-state index is -0.250. The Morgan fingerprint density at radius 1 is 0.862 bits per heavy atom. The fourth-order valence-electron chi connectivity index (χ4n) is 2.91. The Labute approximate surface area is 171 Å². The van der Waals surface area contributed by atoms with E-state index in [0.29, 0.717) is 29.4 Å². The summed E-state index contributed by atoms with van der Waals surface area (Å²) < 4.78 is 16.9. The molecule has 3 rings (SSSR count). The lowest BCUT2D eigenvalue weighted by Gasteiger charge is -2.16. The highest BCUT2D eigenvalue weighted by Crippen LogP contribution is 2.39. The second-order valence-electron chi connectivity index (χ2n) is 6.74. The predicted molar refractivity (Wildman–Crippen MR) is 114 cm³/mol. The summed E-state index contributed by atoms with van der Waals surface area (Å²) in [5, 5.41) is 2.92. The van der Waals surface area contributed by atoms with Crippen LogP contribution in [0.3, 0.4) is 0 Å². The number of anilines is 1. The third kappa shape index (κ3) is 4.88. The average Bonchev–Trinajstić information content (AvgIpc) is 2.74. The Bertz CT molecular complexity index is 974. The SMILES string of the molecule is COc1cc(C(=O)Nc2ccc(C)c(C)c2)cc(OC)c1OCc1ccccc1. The monoisotopic (exact) mass is 391 g/mol. The fraction of sp³-hybridized carbons (Fsp3) is 0.208. The van der Waals surface area contributed by atoms with Gasteiger partial charge in [-0.25, -0.2) is 0 Å². The van der Waals surface area contributed by atoms with Crippen molar-refractivity contribution < 1.29 is 19.0 Å². The first-order valence-electron chi connectivity index (χ1n) is 9.33. The Morgan fingerprint density at radius 2 is 1.52 bits per heavy atom. The van der Waals surface area contributed by atoms with Crippen LogP contribution in [-0.4, -0.2) is 20.1 Å². The Kier molecular flexibility index (Phi) is 6.39. The molecule has 0 aliphatic carbocycles. The lowest BCUT2D eigenvalue weighted by Crippen LogP contribution is -2.13. The van der Waals surface area contributed by atoms with Gasteiger partial charge in [0.15, 0.2) is 11.5 Å². The molecule has 0 radical (unpaired) electrons. The summed E-state index contributed by atoms with van der Waals surface area (Å²) in [5.74, 6) is 1.08. The molecule has 0 saturated carbocycles. The van der Waals surface area contributed by atoms with E-state index in [-0.39, 0.29) is 5.91 Å². The van der Waals surface area contributed by atoms with Gasteiger partial charge in [0.1, 0.15) is 6.61 Å². The molecule has 0 bridgehead atoms. The number of hydrogen-bond acceptors (Lipinski definition) is 4. The summed E-state index contributed by atoms with van der Waals surface area (Å²) in [6.45, 7) is 4.41. The summed E-state index contributed by atoms with van der Waals surface area (Å²) >= 11 is 0. The molecule has 1 amide bonds. The molecule has 0 spiro atoms. The Balaban J connectivity index is 1.84. The summed E-state index contributed by atoms with van der Waals surface area (Å²) in [7, 11) is 3.07. The Hall–Kier alpha value is -3.47. The van der Waals surface area contributed by atoms with Crippen LogP contribution in [0.25, 0.3) is 0 Å². The van der Waals surface area contributed by atoms with Gasteiger partial charge < -0.3 is 19.5 Å². The van der Waals surface area contributed by atoms with Crippen molar-refractivity contribution in [1.29, 1.82) is 0 Å². The number of nitrogens with one attached hydrogen (secondary N) is 1. The van der Waals surface area contributed by atoms with Crippen LogP contribution in [0.2, 0.25) is 0 Å². The highest BCUT2D eigenvalue weighted by Gasteiger charge is 2.18. The van der Waals surface area contributed by atoms with Gasteiger partial charge >= 0.3 is 0 Å². The number of benzene rings is 3. The van der Waals surface area contributed by atoms with Crippen LogP contribution in [0.4, 0.5) is 5.69 Å². The molecule has 0 aliphatic rings. The van der Waals surface area contributed by atoms with Crippen molar-refractivity contribution in [3.8, 4) is 17.2 Å². The first-order valence-corrected chi connectivity index (χ1v) is 9.33. The van der Waals surface area contributed by atoms with Crippen molar-refractivity contribution in [2.45, 2.75) is 20.5 Å². The second-order valence-corrected chi connectivity index (χ2v) is 6.74. The molecule has 3 aromatic carbocycles. The molecule has 0 aliphatic heterocycles. The minimum absolute atomic E-state index is 0.250. The van der Waals surface area contributed by atoms with Gasteiger partial charge in [-0.3, -0.25) is 4.79 Å². The molecule has 0 fully saturated rings. The lowest BCUT2D eigenvalue weighted by molar-refractivity contribution is 0.102. The number of carbonyl (C=O) groups excluding carboxylic acids is 1. The molecule has 1 N–H and O–H groups in total. The summed E-state index contributed by atoms with van der Waals surface area (Å²) in [5.41, 5.74) is 4.46. The largest absolute Gasteiger partial charge is 0.493 e. The number of amides is 1. The molecular weight excluding hydrogens is 366 g/mol. The van der Waals surface area contributed by atoms with E-state index in [4.69, 9.17) is 14.2 Å². The zero-order valence-electron chi connectivity index (χ0n) is 17.1. The molecule has 29 heavy (non-hydrogen) atoms. The third-order valence-electron chi connectivity index (χ3n) is 4.71. The van der Waals surface area contributed by atoms with Crippen LogP contribution < -0.4 is 19.5 Å².